The van der Waals surface area contributed by atoms with Gasteiger partial charge in [0.2, 0.25) is 0 Å². The largest absolute Gasteiger partial charge is 0.493 e. The summed E-state index contributed by atoms with van der Waals surface area (Å²) in [5.74, 6) is 0.533. The van der Waals surface area contributed by atoms with Gasteiger partial charge >= 0.3 is 0 Å². The van der Waals surface area contributed by atoms with E-state index >= 15 is 0 Å². The van der Waals surface area contributed by atoms with Crippen molar-refractivity contribution >= 4 is 11.6 Å². The van der Waals surface area contributed by atoms with E-state index in [2.05, 4.69) is 5.32 Å². The Morgan fingerprint density at radius 2 is 1.92 bits per heavy atom. The van der Waals surface area contributed by atoms with E-state index in [4.69, 9.17) is 9.47 Å². The lowest BCUT2D eigenvalue weighted by molar-refractivity contribution is 0.102. The average molecular weight is 331 g/mol. The fourth-order valence-corrected chi connectivity index (χ4v) is 2.11. The van der Waals surface area contributed by atoms with Crippen molar-refractivity contribution in [2.45, 2.75) is 20.8 Å². The molecule has 0 aliphatic rings. The molecular formula is C19H22FNO3. The summed E-state index contributed by atoms with van der Waals surface area (Å²) in [5.41, 5.74) is 1.38. The molecule has 0 saturated heterocycles. The molecule has 2 rings (SSSR count). The Labute approximate surface area is 141 Å². The summed E-state index contributed by atoms with van der Waals surface area (Å²) in [7, 11) is 1.51. The van der Waals surface area contributed by atoms with Crippen molar-refractivity contribution < 1.29 is 18.7 Å². The second-order valence-corrected chi connectivity index (χ2v) is 6.01. The van der Waals surface area contributed by atoms with Crippen LogP contribution in [0.3, 0.4) is 0 Å². The molecule has 0 bridgehead atoms. The maximum Gasteiger partial charge on any atom is 0.255 e. The lowest BCUT2D eigenvalue weighted by Crippen LogP contribution is -2.13. The van der Waals surface area contributed by atoms with Crippen molar-refractivity contribution in [2.24, 2.45) is 5.92 Å². The highest BCUT2D eigenvalue weighted by Gasteiger charge is 2.13. The van der Waals surface area contributed by atoms with Gasteiger partial charge in [-0.2, -0.15) is 0 Å². The van der Waals surface area contributed by atoms with E-state index < -0.39 is 11.7 Å². The van der Waals surface area contributed by atoms with Crippen LogP contribution in [-0.2, 0) is 0 Å². The van der Waals surface area contributed by atoms with Gasteiger partial charge in [0, 0.05) is 5.56 Å². The van der Waals surface area contributed by atoms with Crippen molar-refractivity contribution in [1.29, 1.82) is 0 Å². The fourth-order valence-electron chi connectivity index (χ4n) is 2.11. The molecule has 0 fully saturated rings. The Balaban J connectivity index is 2.19. The third-order valence-electron chi connectivity index (χ3n) is 3.37. The first-order chi connectivity index (χ1) is 11.4. The molecule has 1 amide bonds. The highest BCUT2D eigenvalue weighted by molar-refractivity contribution is 6.04. The summed E-state index contributed by atoms with van der Waals surface area (Å²) in [6.45, 7) is 6.48. The number of amides is 1. The fraction of sp³-hybridized carbons (Fsp3) is 0.316. The Bertz CT molecular complexity index is 729. The van der Waals surface area contributed by atoms with Crippen LogP contribution in [0, 0.1) is 18.7 Å². The zero-order valence-corrected chi connectivity index (χ0v) is 14.4. The van der Waals surface area contributed by atoms with Gasteiger partial charge in [0.05, 0.1) is 19.4 Å². The number of rotatable bonds is 6. The SMILES string of the molecule is COc1cc(C(=O)Nc2cc(C)ccc2F)ccc1OCC(C)C. The first kappa shape index (κ1) is 17.8. The van der Waals surface area contributed by atoms with Gasteiger partial charge in [-0.15, -0.1) is 0 Å². The highest BCUT2D eigenvalue weighted by atomic mass is 19.1. The van der Waals surface area contributed by atoms with Gasteiger partial charge in [-0.05, 0) is 48.7 Å². The number of aryl methyl sites for hydroxylation is 1. The van der Waals surface area contributed by atoms with E-state index in [-0.39, 0.29) is 5.69 Å². The summed E-state index contributed by atoms with van der Waals surface area (Å²) in [5, 5.41) is 2.58. The van der Waals surface area contributed by atoms with Gasteiger partial charge in [0.15, 0.2) is 11.5 Å². The normalized spacial score (nSPS) is 10.6. The number of hydrogen-bond acceptors (Lipinski definition) is 3. The van der Waals surface area contributed by atoms with E-state index in [1.54, 1.807) is 30.3 Å². The van der Waals surface area contributed by atoms with Gasteiger partial charge in [0.1, 0.15) is 5.82 Å². The number of nitrogens with one attached hydrogen (secondary N) is 1. The quantitative estimate of drug-likeness (QED) is 0.852. The zero-order valence-electron chi connectivity index (χ0n) is 14.4. The van der Waals surface area contributed by atoms with Gasteiger partial charge in [-0.1, -0.05) is 19.9 Å². The maximum atomic E-state index is 13.8. The van der Waals surface area contributed by atoms with Crippen LogP contribution in [0.15, 0.2) is 36.4 Å². The Morgan fingerprint density at radius 3 is 2.58 bits per heavy atom. The molecule has 0 aromatic heterocycles. The smallest absolute Gasteiger partial charge is 0.255 e. The van der Waals surface area contributed by atoms with E-state index in [1.165, 1.54) is 13.2 Å². The third-order valence-corrected chi connectivity index (χ3v) is 3.37. The van der Waals surface area contributed by atoms with Crippen molar-refractivity contribution in [1.82, 2.24) is 0 Å². The number of methoxy groups -OCH3 is 1. The van der Waals surface area contributed by atoms with Gasteiger partial charge < -0.3 is 14.8 Å². The van der Waals surface area contributed by atoms with E-state index in [1.807, 2.05) is 20.8 Å². The monoisotopic (exact) mass is 331 g/mol. The molecule has 0 aliphatic heterocycles. The van der Waals surface area contributed by atoms with Crippen LogP contribution in [0.25, 0.3) is 0 Å². The molecule has 0 atom stereocenters. The summed E-state index contributed by atoms with van der Waals surface area (Å²) in [4.78, 5) is 12.3. The summed E-state index contributed by atoms with van der Waals surface area (Å²) >= 11 is 0. The Hall–Kier alpha value is -2.56. The van der Waals surface area contributed by atoms with E-state index in [9.17, 15) is 9.18 Å². The molecule has 1 N–H and O–H groups in total. The number of anilines is 1. The van der Waals surface area contributed by atoms with Gasteiger partial charge in [-0.3, -0.25) is 4.79 Å². The van der Waals surface area contributed by atoms with Crippen LogP contribution >= 0.6 is 0 Å². The molecule has 2 aromatic rings. The van der Waals surface area contributed by atoms with Crippen LogP contribution in [0.1, 0.15) is 29.8 Å². The van der Waals surface area contributed by atoms with Crippen molar-refractivity contribution in [3.63, 3.8) is 0 Å². The minimum absolute atomic E-state index is 0.152. The lowest BCUT2D eigenvalue weighted by Gasteiger charge is -2.14. The molecule has 0 unspecified atom stereocenters. The first-order valence-electron chi connectivity index (χ1n) is 7.79. The molecule has 0 radical (unpaired) electrons. The molecule has 128 valence electrons. The number of ether oxygens (including phenoxy) is 2. The van der Waals surface area contributed by atoms with Crippen molar-refractivity contribution in [3.05, 3.63) is 53.3 Å². The first-order valence-corrected chi connectivity index (χ1v) is 7.79. The van der Waals surface area contributed by atoms with Crippen LogP contribution in [-0.4, -0.2) is 19.6 Å². The molecule has 0 spiro atoms. The Morgan fingerprint density at radius 1 is 1.17 bits per heavy atom. The summed E-state index contributed by atoms with van der Waals surface area (Å²) < 4.78 is 24.7. The maximum absolute atomic E-state index is 13.8. The zero-order chi connectivity index (χ0) is 17.7. The molecular weight excluding hydrogens is 309 g/mol. The van der Waals surface area contributed by atoms with Crippen LogP contribution in [0.2, 0.25) is 0 Å². The lowest BCUT2D eigenvalue weighted by atomic mass is 10.1. The topological polar surface area (TPSA) is 47.6 Å². The average Bonchev–Trinajstić information content (AvgIpc) is 2.56. The molecule has 0 saturated carbocycles. The minimum Gasteiger partial charge on any atom is -0.493 e. The number of hydrogen-bond donors (Lipinski definition) is 1. The summed E-state index contributed by atoms with van der Waals surface area (Å²) in [6.07, 6.45) is 0. The number of carbonyl (C=O) groups is 1. The summed E-state index contributed by atoms with van der Waals surface area (Å²) in [6, 6.07) is 9.45. The van der Waals surface area contributed by atoms with Crippen LogP contribution < -0.4 is 14.8 Å². The van der Waals surface area contributed by atoms with Crippen LogP contribution in [0.5, 0.6) is 11.5 Å². The number of carbonyl (C=O) groups excluding carboxylic acids is 1. The number of benzene rings is 2. The predicted octanol–water partition coefficient (Wildman–Crippen LogP) is 4.43. The van der Waals surface area contributed by atoms with Gasteiger partial charge in [-0.25, -0.2) is 4.39 Å². The van der Waals surface area contributed by atoms with E-state index in [0.717, 1.165) is 5.56 Å². The molecule has 2 aromatic carbocycles. The van der Waals surface area contributed by atoms with E-state index in [0.29, 0.717) is 29.6 Å². The molecule has 24 heavy (non-hydrogen) atoms. The minimum atomic E-state index is -0.474. The van der Waals surface area contributed by atoms with Gasteiger partial charge in [0.25, 0.3) is 5.91 Å². The third kappa shape index (κ3) is 4.47. The number of halogens is 1. The van der Waals surface area contributed by atoms with Crippen molar-refractivity contribution in [3.8, 4) is 11.5 Å². The molecule has 4 nitrogen and oxygen atoms in total. The highest BCUT2D eigenvalue weighted by Crippen LogP contribution is 2.29. The molecule has 0 heterocycles. The molecule has 0 aliphatic carbocycles. The predicted molar refractivity (Wildman–Crippen MR) is 92.4 cm³/mol. The molecule has 5 heteroatoms. The second kappa shape index (κ2) is 7.81. The standard InChI is InChI=1S/C19H22FNO3/c1-12(2)11-24-17-8-6-14(10-18(17)23-4)19(22)21-16-9-13(3)5-7-15(16)20/h5-10,12H,11H2,1-4H3,(H,21,22). The van der Waals surface area contributed by atoms with Crippen LogP contribution in [0.4, 0.5) is 10.1 Å². The van der Waals surface area contributed by atoms with Crippen molar-refractivity contribution in [2.75, 3.05) is 19.0 Å². The second-order valence-electron chi connectivity index (χ2n) is 6.01. The Kier molecular flexibility index (Phi) is 5.79.